The van der Waals surface area contributed by atoms with Gasteiger partial charge in [0.25, 0.3) is 0 Å². The zero-order valence-electron chi connectivity index (χ0n) is 11.2. The Morgan fingerprint density at radius 1 is 0.950 bits per heavy atom. The average Bonchev–Trinajstić information content (AvgIpc) is 2.51. The number of benzene rings is 2. The quantitative estimate of drug-likeness (QED) is 0.401. The molecule has 3 aromatic rings. The molecule has 0 bridgehead atoms. The molecule has 0 amide bonds. The number of hydrogen-bond acceptors (Lipinski definition) is 1. The summed E-state index contributed by atoms with van der Waals surface area (Å²) in [5.74, 6) is 2.67. The summed E-state index contributed by atoms with van der Waals surface area (Å²) in [5.41, 5.74) is 2.06. The zero-order chi connectivity index (χ0) is 13.9. The van der Waals surface area contributed by atoms with Crippen molar-refractivity contribution in [3.05, 3.63) is 58.8 Å². The van der Waals surface area contributed by atoms with Crippen LogP contribution in [0.5, 0.6) is 0 Å². The van der Waals surface area contributed by atoms with E-state index < -0.39 is 0 Å². The molecule has 0 fully saturated rings. The van der Waals surface area contributed by atoms with Crippen molar-refractivity contribution in [1.82, 2.24) is 4.57 Å². The molecule has 0 unspecified atom stereocenters. The first kappa shape index (κ1) is 12.5. The molecule has 2 nitrogen and oxygen atoms in total. The van der Waals surface area contributed by atoms with Gasteiger partial charge in [-0.1, -0.05) is 24.3 Å². The van der Waals surface area contributed by atoms with Crippen molar-refractivity contribution in [3.63, 3.8) is 0 Å². The number of fused-ring (bicyclic) bond motifs is 2. The van der Waals surface area contributed by atoms with Crippen LogP contribution in [0.25, 0.3) is 21.8 Å². The number of aromatic nitrogens is 1. The van der Waals surface area contributed by atoms with Gasteiger partial charge in [0, 0.05) is 23.7 Å². The molecule has 0 saturated carbocycles. The van der Waals surface area contributed by atoms with Crippen molar-refractivity contribution >= 4 is 21.8 Å². The summed E-state index contributed by atoms with van der Waals surface area (Å²) in [4.78, 5) is 12.5. The molecule has 1 aromatic heterocycles. The van der Waals surface area contributed by atoms with Gasteiger partial charge in [-0.05, 0) is 30.7 Å². The number of terminal acetylenes is 1. The molecule has 0 saturated heterocycles. The Bertz CT molecular complexity index is 808. The summed E-state index contributed by atoms with van der Waals surface area (Å²) in [6, 6.07) is 15.5. The monoisotopic (exact) mass is 261 g/mol. The highest BCUT2D eigenvalue weighted by atomic mass is 16.1. The SMILES string of the molecule is C#CCCCn1c2ccccc2c(=O)c2ccccc21. The molecule has 98 valence electrons. The summed E-state index contributed by atoms with van der Waals surface area (Å²) in [6.45, 7) is 0.825. The Morgan fingerprint density at radius 2 is 1.50 bits per heavy atom. The number of pyridine rings is 1. The lowest BCUT2D eigenvalue weighted by Crippen LogP contribution is -2.11. The van der Waals surface area contributed by atoms with Gasteiger partial charge in [0.1, 0.15) is 0 Å². The van der Waals surface area contributed by atoms with Gasteiger partial charge in [-0.2, -0.15) is 0 Å². The number of para-hydroxylation sites is 2. The topological polar surface area (TPSA) is 22.0 Å². The maximum absolute atomic E-state index is 12.5. The minimum Gasteiger partial charge on any atom is -0.340 e. The summed E-state index contributed by atoms with van der Waals surface area (Å²) in [5, 5.41) is 1.54. The Kier molecular flexibility index (Phi) is 3.26. The standard InChI is InChI=1S/C18H15NO/c1-2-3-8-13-19-16-11-6-4-9-14(16)18(20)15-10-5-7-12-17(15)19/h1,4-7,9-12H,3,8,13H2. The Morgan fingerprint density at radius 3 is 2.05 bits per heavy atom. The number of hydrogen-bond donors (Lipinski definition) is 0. The molecule has 0 N–H and O–H groups in total. The van der Waals surface area contributed by atoms with Crippen molar-refractivity contribution < 1.29 is 0 Å². The molecule has 0 aliphatic rings. The maximum atomic E-state index is 12.5. The first-order valence-corrected chi connectivity index (χ1v) is 6.76. The second-order valence-corrected chi connectivity index (χ2v) is 4.82. The van der Waals surface area contributed by atoms with Crippen LogP contribution in [0.2, 0.25) is 0 Å². The highest BCUT2D eigenvalue weighted by Gasteiger charge is 2.09. The van der Waals surface area contributed by atoms with E-state index in [1.54, 1.807) is 0 Å². The summed E-state index contributed by atoms with van der Waals surface area (Å²) >= 11 is 0. The van der Waals surface area contributed by atoms with E-state index in [9.17, 15) is 4.79 Å². The van der Waals surface area contributed by atoms with Crippen LogP contribution in [-0.2, 0) is 6.54 Å². The van der Waals surface area contributed by atoms with Gasteiger partial charge >= 0.3 is 0 Å². The van der Waals surface area contributed by atoms with Gasteiger partial charge in [-0.3, -0.25) is 4.79 Å². The molecule has 0 aliphatic carbocycles. The van der Waals surface area contributed by atoms with Gasteiger partial charge in [0.15, 0.2) is 5.43 Å². The fraction of sp³-hybridized carbons (Fsp3) is 0.167. The lowest BCUT2D eigenvalue weighted by Gasteiger charge is -2.14. The van der Waals surface area contributed by atoms with Crippen molar-refractivity contribution in [2.75, 3.05) is 0 Å². The van der Waals surface area contributed by atoms with E-state index in [4.69, 9.17) is 6.42 Å². The molecule has 20 heavy (non-hydrogen) atoms. The van der Waals surface area contributed by atoms with Crippen LogP contribution in [0.15, 0.2) is 53.3 Å². The third kappa shape index (κ3) is 1.98. The zero-order valence-corrected chi connectivity index (χ0v) is 11.2. The third-order valence-corrected chi connectivity index (χ3v) is 3.58. The molecule has 0 spiro atoms. The van der Waals surface area contributed by atoms with Crippen molar-refractivity contribution in [2.45, 2.75) is 19.4 Å². The Labute approximate surface area is 117 Å². The van der Waals surface area contributed by atoms with Gasteiger partial charge in [-0.15, -0.1) is 12.3 Å². The molecule has 2 heteroatoms. The van der Waals surface area contributed by atoms with E-state index in [-0.39, 0.29) is 5.43 Å². The van der Waals surface area contributed by atoms with Gasteiger partial charge in [0.2, 0.25) is 0 Å². The second-order valence-electron chi connectivity index (χ2n) is 4.82. The summed E-state index contributed by atoms with van der Waals surface area (Å²) in [7, 11) is 0. The van der Waals surface area contributed by atoms with Gasteiger partial charge < -0.3 is 4.57 Å². The van der Waals surface area contributed by atoms with Crippen LogP contribution in [-0.4, -0.2) is 4.57 Å². The number of aryl methyl sites for hydroxylation is 1. The van der Waals surface area contributed by atoms with Crippen molar-refractivity contribution in [1.29, 1.82) is 0 Å². The fourth-order valence-corrected chi connectivity index (χ4v) is 2.66. The molecule has 3 rings (SSSR count). The molecular formula is C18H15NO. The van der Waals surface area contributed by atoms with Crippen molar-refractivity contribution in [3.8, 4) is 12.3 Å². The van der Waals surface area contributed by atoms with Gasteiger partial charge in [-0.25, -0.2) is 0 Å². The lowest BCUT2D eigenvalue weighted by atomic mass is 10.1. The molecule has 2 aromatic carbocycles. The molecule has 0 radical (unpaired) electrons. The first-order valence-electron chi connectivity index (χ1n) is 6.76. The minimum atomic E-state index is 0.101. The van der Waals surface area contributed by atoms with E-state index in [0.717, 1.165) is 41.2 Å². The first-order chi connectivity index (χ1) is 9.83. The van der Waals surface area contributed by atoms with E-state index in [1.807, 2.05) is 48.5 Å². The highest BCUT2D eigenvalue weighted by Crippen LogP contribution is 2.19. The molecular weight excluding hydrogens is 246 g/mol. The molecule has 1 heterocycles. The maximum Gasteiger partial charge on any atom is 0.197 e. The smallest absolute Gasteiger partial charge is 0.197 e. The number of rotatable bonds is 3. The number of unbranched alkanes of at least 4 members (excludes halogenated alkanes) is 1. The highest BCUT2D eigenvalue weighted by molar-refractivity contribution is 5.93. The predicted octanol–water partition coefficient (Wildman–Crippen LogP) is 3.57. The van der Waals surface area contributed by atoms with Crippen LogP contribution in [0.4, 0.5) is 0 Å². The molecule has 0 atom stereocenters. The largest absolute Gasteiger partial charge is 0.340 e. The van der Waals surface area contributed by atoms with Crippen LogP contribution in [0, 0.1) is 12.3 Å². The van der Waals surface area contributed by atoms with E-state index in [0.29, 0.717) is 0 Å². The Hall–Kier alpha value is -2.53. The fourth-order valence-electron chi connectivity index (χ4n) is 2.66. The van der Waals surface area contributed by atoms with Crippen LogP contribution in [0.1, 0.15) is 12.8 Å². The van der Waals surface area contributed by atoms with Crippen LogP contribution < -0.4 is 5.43 Å². The normalized spacial score (nSPS) is 10.8. The minimum absolute atomic E-state index is 0.101. The van der Waals surface area contributed by atoms with Crippen molar-refractivity contribution in [2.24, 2.45) is 0 Å². The lowest BCUT2D eigenvalue weighted by molar-refractivity contribution is 0.691. The summed E-state index contributed by atoms with van der Waals surface area (Å²) in [6.07, 6.45) is 6.99. The number of nitrogens with zero attached hydrogens (tertiary/aromatic N) is 1. The van der Waals surface area contributed by atoms with E-state index >= 15 is 0 Å². The average molecular weight is 261 g/mol. The van der Waals surface area contributed by atoms with E-state index in [1.165, 1.54) is 0 Å². The molecule has 0 aliphatic heterocycles. The Balaban J connectivity index is 2.35. The van der Waals surface area contributed by atoms with E-state index in [2.05, 4.69) is 10.5 Å². The third-order valence-electron chi connectivity index (χ3n) is 3.58. The van der Waals surface area contributed by atoms with Crippen LogP contribution >= 0.6 is 0 Å². The van der Waals surface area contributed by atoms with Gasteiger partial charge in [0.05, 0.1) is 11.0 Å². The second kappa shape index (κ2) is 5.22. The van der Waals surface area contributed by atoms with Crippen LogP contribution in [0.3, 0.4) is 0 Å². The summed E-state index contributed by atoms with van der Waals surface area (Å²) < 4.78 is 2.20. The predicted molar refractivity (Wildman–Crippen MR) is 83.8 cm³/mol.